The van der Waals surface area contributed by atoms with Gasteiger partial charge in [0.2, 0.25) is 5.91 Å². The summed E-state index contributed by atoms with van der Waals surface area (Å²) in [4.78, 5) is 24.8. The number of carbonyl (C=O) groups excluding carboxylic acids is 2. The second-order valence-electron chi connectivity index (χ2n) is 4.22. The van der Waals surface area contributed by atoms with Gasteiger partial charge >= 0.3 is 0 Å². The van der Waals surface area contributed by atoms with E-state index in [-0.39, 0.29) is 16.3 Å². The van der Waals surface area contributed by atoms with Crippen molar-refractivity contribution in [3.8, 4) is 6.07 Å². The van der Waals surface area contributed by atoms with E-state index >= 15 is 0 Å². The van der Waals surface area contributed by atoms with Gasteiger partial charge in [0.1, 0.15) is 0 Å². The number of benzene rings is 1. The Bertz CT molecular complexity index is 582. The van der Waals surface area contributed by atoms with E-state index in [4.69, 9.17) is 5.26 Å². The Hall–Kier alpha value is -1.07. The smallest absolute Gasteiger partial charge is 0.228 e. The van der Waals surface area contributed by atoms with Crippen LogP contribution in [-0.2, 0) is 9.59 Å². The van der Waals surface area contributed by atoms with Crippen molar-refractivity contribution in [3.63, 3.8) is 0 Å². The normalized spacial score (nSPS) is 18.5. The van der Waals surface area contributed by atoms with Crippen LogP contribution in [0.15, 0.2) is 18.2 Å². The zero-order chi connectivity index (χ0) is 14.0. The minimum atomic E-state index is 0.0245. The van der Waals surface area contributed by atoms with Crippen molar-refractivity contribution in [2.75, 3.05) is 11.4 Å². The fourth-order valence-corrected chi connectivity index (χ4v) is 3.74. The summed E-state index contributed by atoms with van der Waals surface area (Å²) in [7, 11) is 0. The number of rotatable bonds is 2. The molecule has 1 aromatic carbocycles. The highest BCUT2D eigenvalue weighted by atomic mass is 127. The highest BCUT2D eigenvalue weighted by molar-refractivity contribution is 14.1. The van der Waals surface area contributed by atoms with Gasteiger partial charge in [0.25, 0.3) is 0 Å². The Morgan fingerprint density at radius 2 is 2.32 bits per heavy atom. The Balaban J connectivity index is 2.21. The monoisotopic (exact) mass is 386 g/mol. The summed E-state index contributed by atoms with van der Waals surface area (Å²) in [5.74, 6) is 0.0290. The fourth-order valence-electron chi connectivity index (χ4n) is 2.02. The summed E-state index contributed by atoms with van der Waals surface area (Å²) in [6.07, 6.45) is 0.389. The first-order valence-corrected chi connectivity index (χ1v) is 7.64. The van der Waals surface area contributed by atoms with Crippen LogP contribution in [0.5, 0.6) is 0 Å². The second-order valence-corrected chi connectivity index (χ2v) is 6.86. The van der Waals surface area contributed by atoms with Crippen LogP contribution in [0.4, 0.5) is 5.69 Å². The van der Waals surface area contributed by atoms with Crippen molar-refractivity contribution >= 4 is 51.1 Å². The first-order valence-electron chi connectivity index (χ1n) is 5.68. The Kier molecular flexibility index (Phi) is 4.47. The topological polar surface area (TPSA) is 61.2 Å². The summed E-state index contributed by atoms with van der Waals surface area (Å²) in [5, 5.41) is 8.90. The first kappa shape index (κ1) is 14.3. The molecule has 1 unspecified atom stereocenters. The van der Waals surface area contributed by atoms with E-state index in [0.29, 0.717) is 18.5 Å². The average Bonchev–Trinajstić information content (AvgIpc) is 2.69. The molecule has 1 amide bonds. The number of thioether (sulfide) groups is 1. The molecule has 0 radical (unpaired) electrons. The van der Waals surface area contributed by atoms with Crippen molar-refractivity contribution in [3.05, 3.63) is 27.3 Å². The van der Waals surface area contributed by atoms with Crippen LogP contribution >= 0.6 is 34.4 Å². The van der Waals surface area contributed by atoms with Crippen molar-refractivity contribution in [1.82, 2.24) is 0 Å². The standard InChI is InChI=1S/C13H11IN2O2S/c1-8(17)19-10-5-13(18)16(7-10)12-3-2-9(6-15)4-11(12)14/h2-4,10H,5,7H2,1H3. The number of carbonyl (C=O) groups is 2. The van der Waals surface area contributed by atoms with Crippen molar-refractivity contribution in [1.29, 1.82) is 5.26 Å². The van der Waals surface area contributed by atoms with Gasteiger partial charge in [0.15, 0.2) is 5.12 Å². The maximum Gasteiger partial charge on any atom is 0.228 e. The Labute approximate surface area is 129 Å². The van der Waals surface area contributed by atoms with Gasteiger partial charge in [0.05, 0.1) is 17.3 Å². The SMILES string of the molecule is CC(=O)SC1CC(=O)N(c2ccc(C#N)cc2I)C1. The van der Waals surface area contributed by atoms with Crippen LogP contribution in [0, 0.1) is 14.9 Å². The summed E-state index contributed by atoms with van der Waals surface area (Å²) < 4.78 is 0.874. The number of hydrogen-bond donors (Lipinski definition) is 0. The number of hydrogen-bond acceptors (Lipinski definition) is 4. The molecular formula is C13H11IN2O2S. The van der Waals surface area contributed by atoms with Crippen LogP contribution in [-0.4, -0.2) is 22.8 Å². The second kappa shape index (κ2) is 5.92. The van der Waals surface area contributed by atoms with Gasteiger partial charge in [-0.05, 0) is 40.8 Å². The van der Waals surface area contributed by atoms with Crippen molar-refractivity contribution in [2.24, 2.45) is 0 Å². The molecule has 0 aliphatic carbocycles. The molecule has 4 nitrogen and oxygen atoms in total. The molecule has 1 heterocycles. The third-order valence-corrected chi connectivity index (χ3v) is 4.63. The molecule has 0 N–H and O–H groups in total. The molecule has 19 heavy (non-hydrogen) atoms. The minimum absolute atomic E-state index is 0.0245. The van der Waals surface area contributed by atoms with E-state index < -0.39 is 0 Å². The Morgan fingerprint density at radius 3 is 2.89 bits per heavy atom. The van der Waals surface area contributed by atoms with E-state index in [9.17, 15) is 9.59 Å². The summed E-state index contributed by atoms with van der Waals surface area (Å²) in [6.45, 7) is 2.06. The summed E-state index contributed by atoms with van der Waals surface area (Å²) in [5.41, 5.74) is 1.39. The fraction of sp³-hybridized carbons (Fsp3) is 0.308. The van der Waals surface area contributed by atoms with Gasteiger partial charge in [-0.2, -0.15) is 5.26 Å². The summed E-state index contributed by atoms with van der Waals surface area (Å²) in [6, 6.07) is 7.33. The van der Waals surface area contributed by atoms with Crippen LogP contribution < -0.4 is 4.90 Å². The molecule has 1 saturated heterocycles. The van der Waals surface area contributed by atoms with Crippen LogP contribution in [0.2, 0.25) is 0 Å². The number of anilines is 1. The number of halogens is 1. The summed E-state index contributed by atoms with van der Waals surface area (Å²) >= 11 is 3.34. The van der Waals surface area contributed by atoms with E-state index in [1.54, 1.807) is 23.1 Å². The quantitative estimate of drug-likeness (QED) is 0.733. The molecule has 2 rings (SSSR count). The number of nitriles is 1. The lowest BCUT2D eigenvalue weighted by Crippen LogP contribution is -2.25. The molecule has 0 bridgehead atoms. The van der Waals surface area contributed by atoms with Gasteiger partial charge in [-0.1, -0.05) is 11.8 Å². The lowest BCUT2D eigenvalue weighted by Gasteiger charge is -2.18. The third-order valence-electron chi connectivity index (χ3n) is 2.79. The molecule has 0 spiro atoms. The molecular weight excluding hydrogens is 375 g/mol. The van der Waals surface area contributed by atoms with Gasteiger partial charge < -0.3 is 4.90 Å². The first-order chi connectivity index (χ1) is 9.01. The van der Waals surface area contributed by atoms with E-state index in [1.807, 2.05) is 0 Å². The average molecular weight is 386 g/mol. The molecule has 1 aromatic rings. The molecule has 98 valence electrons. The lowest BCUT2D eigenvalue weighted by atomic mass is 10.2. The predicted octanol–water partition coefficient (Wildman–Crippen LogP) is 2.55. The maximum atomic E-state index is 12.0. The number of amides is 1. The largest absolute Gasteiger partial charge is 0.310 e. The predicted molar refractivity (Wildman–Crippen MR) is 82.9 cm³/mol. The molecule has 1 aliphatic rings. The lowest BCUT2D eigenvalue weighted by molar-refractivity contribution is -0.117. The van der Waals surface area contributed by atoms with E-state index in [1.165, 1.54) is 18.7 Å². The number of nitrogens with zero attached hydrogens (tertiary/aromatic N) is 2. The maximum absolute atomic E-state index is 12.0. The van der Waals surface area contributed by atoms with Crippen LogP contribution in [0.3, 0.4) is 0 Å². The molecule has 6 heteroatoms. The minimum Gasteiger partial charge on any atom is -0.310 e. The van der Waals surface area contributed by atoms with Crippen molar-refractivity contribution in [2.45, 2.75) is 18.6 Å². The van der Waals surface area contributed by atoms with Crippen LogP contribution in [0.1, 0.15) is 18.9 Å². The molecule has 1 atom stereocenters. The van der Waals surface area contributed by atoms with E-state index in [0.717, 1.165) is 9.26 Å². The zero-order valence-electron chi connectivity index (χ0n) is 10.2. The van der Waals surface area contributed by atoms with Gasteiger partial charge in [-0.3, -0.25) is 9.59 Å². The Morgan fingerprint density at radius 1 is 1.58 bits per heavy atom. The van der Waals surface area contributed by atoms with Crippen molar-refractivity contribution < 1.29 is 9.59 Å². The highest BCUT2D eigenvalue weighted by Crippen LogP contribution is 2.31. The zero-order valence-corrected chi connectivity index (χ0v) is 13.2. The van der Waals surface area contributed by atoms with Crippen LogP contribution in [0.25, 0.3) is 0 Å². The van der Waals surface area contributed by atoms with Gasteiger partial charge in [0, 0.05) is 28.7 Å². The van der Waals surface area contributed by atoms with Gasteiger partial charge in [-0.25, -0.2) is 0 Å². The highest BCUT2D eigenvalue weighted by Gasteiger charge is 2.32. The van der Waals surface area contributed by atoms with Gasteiger partial charge in [-0.15, -0.1) is 0 Å². The third kappa shape index (κ3) is 3.28. The molecule has 0 aromatic heterocycles. The molecule has 1 aliphatic heterocycles. The molecule has 0 saturated carbocycles. The van der Waals surface area contributed by atoms with E-state index in [2.05, 4.69) is 28.7 Å². The molecule has 1 fully saturated rings.